The summed E-state index contributed by atoms with van der Waals surface area (Å²) >= 11 is 3.31. The third kappa shape index (κ3) is 2.23. The summed E-state index contributed by atoms with van der Waals surface area (Å²) < 4.78 is 0. The molecular formula is C11H12OS2. The van der Waals surface area contributed by atoms with Crippen LogP contribution in [0, 0.1) is 6.92 Å². The number of aliphatic hydroxyl groups excluding tert-OH is 1. The van der Waals surface area contributed by atoms with Gasteiger partial charge in [-0.25, -0.2) is 0 Å². The highest BCUT2D eigenvalue weighted by molar-refractivity contribution is 7.10. The summed E-state index contributed by atoms with van der Waals surface area (Å²) in [4.78, 5) is 1.06. The first-order chi connectivity index (χ1) is 6.75. The zero-order chi connectivity index (χ0) is 9.97. The second-order valence-corrected chi connectivity index (χ2v) is 5.10. The molecule has 1 N–H and O–H groups in total. The molecule has 0 spiro atoms. The third-order valence-electron chi connectivity index (χ3n) is 2.09. The van der Waals surface area contributed by atoms with Gasteiger partial charge in [0.25, 0.3) is 0 Å². The van der Waals surface area contributed by atoms with Gasteiger partial charge in [0.15, 0.2) is 0 Å². The summed E-state index contributed by atoms with van der Waals surface area (Å²) in [5, 5.41) is 16.1. The SMILES string of the molecule is Cc1csc(C(O)Cc2ccsc2)c1. The maximum Gasteiger partial charge on any atom is 0.0922 e. The van der Waals surface area contributed by atoms with Gasteiger partial charge in [-0.15, -0.1) is 11.3 Å². The Morgan fingerprint density at radius 2 is 2.29 bits per heavy atom. The van der Waals surface area contributed by atoms with E-state index in [1.165, 1.54) is 11.1 Å². The van der Waals surface area contributed by atoms with Crippen LogP contribution in [0.2, 0.25) is 0 Å². The van der Waals surface area contributed by atoms with Crippen molar-refractivity contribution in [3.63, 3.8) is 0 Å². The van der Waals surface area contributed by atoms with Gasteiger partial charge in [0.1, 0.15) is 0 Å². The van der Waals surface area contributed by atoms with Crippen molar-refractivity contribution in [2.24, 2.45) is 0 Å². The van der Waals surface area contributed by atoms with Crippen molar-refractivity contribution in [3.8, 4) is 0 Å². The van der Waals surface area contributed by atoms with Crippen LogP contribution in [0.4, 0.5) is 0 Å². The van der Waals surface area contributed by atoms with Gasteiger partial charge in [0.05, 0.1) is 6.10 Å². The zero-order valence-corrected chi connectivity index (χ0v) is 9.57. The molecule has 74 valence electrons. The van der Waals surface area contributed by atoms with Gasteiger partial charge in [0, 0.05) is 11.3 Å². The van der Waals surface area contributed by atoms with E-state index in [1.54, 1.807) is 22.7 Å². The maximum absolute atomic E-state index is 9.92. The normalized spacial score (nSPS) is 13.0. The van der Waals surface area contributed by atoms with Crippen molar-refractivity contribution in [3.05, 3.63) is 44.3 Å². The highest BCUT2D eigenvalue weighted by Gasteiger charge is 2.10. The molecular weight excluding hydrogens is 212 g/mol. The first kappa shape index (κ1) is 9.90. The maximum atomic E-state index is 9.92. The van der Waals surface area contributed by atoms with Crippen molar-refractivity contribution in [2.75, 3.05) is 0 Å². The molecule has 0 aromatic carbocycles. The smallest absolute Gasteiger partial charge is 0.0922 e. The van der Waals surface area contributed by atoms with Gasteiger partial charge in [-0.2, -0.15) is 11.3 Å². The summed E-state index contributed by atoms with van der Waals surface area (Å²) in [6.45, 7) is 2.05. The van der Waals surface area contributed by atoms with Gasteiger partial charge < -0.3 is 5.11 Å². The van der Waals surface area contributed by atoms with Crippen LogP contribution in [0.25, 0.3) is 0 Å². The largest absolute Gasteiger partial charge is 0.387 e. The average Bonchev–Trinajstić information content (AvgIpc) is 2.75. The number of thiophene rings is 2. The lowest BCUT2D eigenvalue weighted by Crippen LogP contribution is -1.97. The monoisotopic (exact) mass is 224 g/mol. The molecule has 0 amide bonds. The van der Waals surface area contributed by atoms with E-state index in [1.807, 2.05) is 5.38 Å². The van der Waals surface area contributed by atoms with Crippen molar-refractivity contribution < 1.29 is 5.11 Å². The van der Waals surface area contributed by atoms with Gasteiger partial charge in [0.2, 0.25) is 0 Å². The van der Waals surface area contributed by atoms with Crippen LogP contribution in [-0.2, 0) is 6.42 Å². The number of hydrogen-bond acceptors (Lipinski definition) is 3. The lowest BCUT2D eigenvalue weighted by molar-refractivity contribution is 0.182. The van der Waals surface area contributed by atoms with E-state index < -0.39 is 0 Å². The number of rotatable bonds is 3. The van der Waals surface area contributed by atoms with E-state index in [0.29, 0.717) is 0 Å². The van der Waals surface area contributed by atoms with E-state index in [2.05, 4.69) is 29.8 Å². The molecule has 0 bridgehead atoms. The Bertz CT molecular complexity index is 389. The second kappa shape index (κ2) is 4.26. The summed E-state index contributed by atoms with van der Waals surface area (Å²) in [6.07, 6.45) is 0.381. The van der Waals surface area contributed by atoms with E-state index in [9.17, 15) is 5.11 Å². The van der Waals surface area contributed by atoms with Gasteiger partial charge in [-0.3, -0.25) is 0 Å². The molecule has 3 heteroatoms. The van der Waals surface area contributed by atoms with Crippen molar-refractivity contribution in [1.29, 1.82) is 0 Å². The predicted molar refractivity (Wildman–Crippen MR) is 62.0 cm³/mol. The van der Waals surface area contributed by atoms with Gasteiger partial charge in [-0.1, -0.05) is 0 Å². The molecule has 0 radical (unpaired) electrons. The fourth-order valence-corrected chi connectivity index (χ4v) is 2.93. The highest BCUT2D eigenvalue weighted by atomic mass is 32.1. The highest BCUT2D eigenvalue weighted by Crippen LogP contribution is 2.25. The van der Waals surface area contributed by atoms with Crippen LogP contribution >= 0.6 is 22.7 Å². The predicted octanol–water partition coefficient (Wildman–Crippen LogP) is 3.39. The summed E-state index contributed by atoms with van der Waals surface area (Å²) in [6, 6.07) is 4.12. The van der Waals surface area contributed by atoms with Crippen molar-refractivity contribution in [1.82, 2.24) is 0 Å². The molecule has 14 heavy (non-hydrogen) atoms. The molecule has 0 aliphatic heterocycles. The lowest BCUT2D eigenvalue weighted by atomic mass is 10.1. The summed E-state index contributed by atoms with van der Waals surface area (Å²) in [5.74, 6) is 0. The fourth-order valence-electron chi connectivity index (χ4n) is 1.36. The molecule has 0 saturated carbocycles. The molecule has 1 nitrogen and oxygen atoms in total. The standard InChI is InChI=1S/C11H12OS2/c1-8-4-11(14-6-8)10(12)5-9-2-3-13-7-9/h2-4,6-7,10,12H,5H2,1H3. The van der Waals surface area contributed by atoms with Crippen LogP contribution < -0.4 is 0 Å². The first-order valence-corrected chi connectivity index (χ1v) is 6.32. The van der Waals surface area contributed by atoms with Crippen molar-refractivity contribution in [2.45, 2.75) is 19.4 Å². The number of aryl methyl sites for hydroxylation is 1. The Morgan fingerprint density at radius 3 is 2.86 bits per heavy atom. The minimum atomic E-state index is -0.344. The Hall–Kier alpha value is -0.640. The van der Waals surface area contributed by atoms with Gasteiger partial charge in [-0.05, 0) is 46.3 Å². The van der Waals surface area contributed by atoms with E-state index in [0.717, 1.165) is 11.3 Å². The molecule has 2 heterocycles. The molecule has 0 fully saturated rings. The van der Waals surface area contributed by atoms with Crippen molar-refractivity contribution >= 4 is 22.7 Å². The molecule has 0 aliphatic carbocycles. The number of aliphatic hydroxyl groups is 1. The topological polar surface area (TPSA) is 20.2 Å². The van der Waals surface area contributed by atoms with E-state index in [-0.39, 0.29) is 6.10 Å². The Kier molecular flexibility index (Phi) is 3.01. The van der Waals surface area contributed by atoms with Crippen LogP contribution in [0.3, 0.4) is 0 Å². The Morgan fingerprint density at radius 1 is 1.43 bits per heavy atom. The molecule has 1 atom stereocenters. The van der Waals surface area contributed by atoms with Crippen LogP contribution in [-0.4, -0.2) is 5.11 Å². The van der Waals surface area contributed by atoms with Crippen LogP contribution in [0.1, 0.15) is 22.1 Å². The average molecular weight is 224 g/mol. The Labute approximate surface area is 91.7 Å². The molecule has 2 aromatic rings. The number of hydrogen-bond donors (Lipinski definition) is 1. The van der Waals surface area contributed by atoms with E-state index in [4.69, 9.17) is 0 Å². The quantitative estimate of drug-likeness (QED) is 0.847. The summed E-state index contributed by atoms with van der Waals surface area (Å²) in [7, 11) is 0. The zero-order valence-electron chi connectivity index (χ0n) is 7.93. The molecule has 1 unspecified atom stereocenters. The lowest BCUT2D eigenvalue weighted by Gasteiger charge is -2.06. The van der Waals surface area contributed by atoms with E-state index >= 15 is 0 Å². The minimum absolute atomic E-state index is 0.344. The first-order valence-electron chi connectivity index (χ1n) is 4.50. The Balaban J connectivity index is 2.06. The van der Waals surface area contributed by atoms with Gasteiger partial charge >= 0.3 is 0 Å². The molecule has 0 aliphatic rings. The van der Waals surface area contributed by atoms with Crippen LogP contribution in [0.5, 0.6) is 0 Å². The third-order valence-corrected chi connectivity index (χ3v) is 3.97. The molecule has 0 saturated heterocycles. The molecule has 2 aromatic heterocycles. The fraction of sp³-hybridized carbons (Fsp3) is 0.273. The van der Waals surface area contributed by atoms with Crippen LogP contribution in [0.15, 0.2) is 28.3 Å². The minimum Gasteiger partial charge on any atom is -0.387 e. The molecule has 2 rings (SSSR count). The second-order valence-electron chi connectivity index (χ2n) is 3.38. The summed E-state index contributed by atoms with van der Waals surface area (Å²) in [5.41, 5.74) is 2.45.